The van der Waals surface area contributed by atoms with Crippen molar-refractivity contribution in [3.05, 3.63) is 0 Å². The first kappa shape index (κ1) is 14.6. The van der Waals surface area contributed by atoms with Crippen molar-refractivity contribution in [3.63, 3.8) is 0 Å². The fraction of sp³-hybridized carbons (Fsp3) is 0.938. The van der Waals surface area contributed by atoms with Gasteiger partial charge in [0.15, 0.2) is 0 Å². The summed E-state index contributed by atoms with van der Waals surface area (Å²) in [5.74, 6) is 2.38. The number of ether oxygens (including phenoxy) is 1. The topological polar surface area (TPSA) is 38.3 Å². The van der Waals surface area contributed by atoms with E-state index in [2.05, 4.69) is 12.2 Å². The predicted octanol–water partition coefficient (Wildman–Crippen LogP) is 2.96. The Kier molecular flexibility index (Phi) is 4.02. The second-order valence-electron chi connectivity index (χ2n) is 7.61. The van der Waals surface area contributed by atoms with Crippen LogP contribution < -0.4 is 5.32 Å². The molecule has 4 fully saturated rings. The normalized spacial score (nSPS) is 41.9. The van der Waals surface area contributed by atoms with Crippen LogP contribution in [0.3, 0.4) is 0 Å². The van der Waals surface area contributed by atoms with Crippen LogP contribution in [0.15, 0.2) is 0 Å². The summed E-state index contributed by atoms with van der Waals surface area (Å²) in [4.78, 5) is 12.7. The Morgan fingerprint density at radius 3 is 2.55 bits per heavy atom. The minimum atomic E-state index is -0.0642. The Morgan fingerprint density at radius 1 is 1.25 bits per heavy atom. The van der Waals surface area contributed by atoms with Gasteiger partial charge in [0.05, 0.1) is 18.6 Å². The van der Waals surface area contributed by atoms with Crippen LogP contribution >= 0.6 is 11.6 Å². The van der Waals surface area contributed by atoms with E-state index in [1.165, 1.54) is 19.3 Å². The van der Waals surface area contributed by atoms with E-state index in [9.17, 15) is 4.79 Å². The Hall–Kier alpha value is -0.280. The molecule has 4 aliphatic carbocycles. The molecule has 1 N–H and O–H groups in total. The third kappa shape index (κ3) is 2.71. The van der Waals surface area contributed by atoms with Gasteiger partial charge in [-0.3, -0.25) is 4.79 Å². The van der Waals surface area contributed by atoms with Crippen molar-refractivity contribution < 1.29 is 9.53 Å². The summed E-state index contributed by atoms with van der Waals surface area (Å²) in [5, 5.41) is 3.11. The number of carbonyl (C=O) groups excluding carboxylic acids is 1. The summed E-state index contributed by atoms with van der Waals surface area (Å²) in [6.07, 6.45) is 7.39. The maximum Gasteiger partial charge on any atom is 0.226 e. The molecule has 0 saturated heterocycles. The number of alkyl halides is 1. The smallest absolute Gasteiger partial charge is 0.226 e. The van der Waals surface area contributed by atoms with Crippen LogP contribution in [-0.2, 0) is 9.53 Å². The largest absolute Gasteiger partial charge is 0.378 e. The molecule has 2 unspecified atom stereocenters. The first-order valence-corrected chi connectivity index (χ1v) is 8.51. The number of hydrogen-bond acceptors (Lipinski definition) is 2. The molecule has 0 radical (unpaired) electrons. The molecule has 4 heteroatoms. The molecule has 20 heavy (non-hydrogen) atoms. The second-order valence-corrected chi connectivity index (χ2v) is 7.99. The first-order valence-electron chi connectivity index (χ1n) is 7.97. The fourth-order valence-electron chi connectivity index (χ4n) is 5.57. The Balaban J connectivity index is 1.57. The number of hydrogen-bond donors (Lipinski definition) is 1. The van der Waals surface area contributed by atoms with Crippen LogP contribution in [-0.4, -0.2) is 31.5 Å². The van der Waals surface area contributed by atoms with E-state index >= 15 is 0 Å². The van der Waals surface area contributed by atoms with E-state index in [1.807, 2.05) is 0 Å². The Labute approximate surface area is 126 Å². The van der Waals surface area contributed by atoms with Crippen LogP contribution in [0.2, 0.25) is 0 Å². The highest BCUT2D eigenvalue weighted by Crippen LogP contribution is 2.65. The molecule has 4 saturated carbocycles. The molecule has 4 rings (SSSR count). The second kappa shape index (κ2) is 5.49. The lowest BCUT2D eigenvalue weighted by Crippen LogP contribution is -2.57. The van der Waals surface area contributed by atoms with Gasteiger partial charge in [0.25, 0.3) is 0 Å². The van der Waals surface area contributed by atoms with Gasteiger partial charge in [-0.2, -0.15) is 0 Å². The number of halogens is 1. The lowest BCUT2D eigenvalue weighted by Gasteiger charge is -2.60. The highest BCUT2D eigenvalue weighted by Gasteiger charge is 2.58. The molecular formula is C16H26ClNO2. The molecule has 2 atom stereocenters. The first-order chi connectivity index (χ1) is 9.55. The van der Waals surface area contributed by atoms with Crippen LogP contribution in [0.4, 0.5) is 0 Å². The van der Waals surface area contributed by atoms with Gasteiger partial charge in [0.1, 0.15) is 0 Å². The summed E-state index contributed by atoms with van der Waals surface area (Å²) in [6.45, 7) is 4.14. The summed E-state index contributed by atoms with van der Waals surface area (Å²) in [6, 6.07) is 0. The number of carbonyl (C=O) groups is 1. The van der Waals surface area contributed by atoms with Crippen molar-refractivity contribution in [1.29, 1.82) is 0 Å². The molecule has 4 aliphatic rings. The maximum absolute atomic E-state index is 12.7. The number of amides is 1. The average molecular weight is 300 g/mol. The van der Waals surface area contributed by atoms with E-state index in [0.717, 1.165) is 31.1 Å². The molecule has 0 heterocycles. The predicted molar refractivity (Wildman–Crippen MR) is 79.8 cm³/mol. The molecule has 4 bridgehead atoms. The molecule has 0 spiro atoms. The lowest BCUT2D eigenvalue weighted by molar-refractivity contribution is -0.155. The highest BCUT2D eigenvalue weighted by molar-refractivity contribution is 6.17. The van der Waals surface area contributed by atoms with Gasteiger partial charge in [0, 0.05) is 12.4 Å². The van der Waals surface area contributed by atoms with Gasteiger partial charge in [-0.1, -0.05) is 6.92 Å². The molecule has 0 aromatic heterocycles. The minimum Gasteiger partial charge on any atom is -0.378 e. The Bertz CT molecular complexity index is 371. The van der Waals surface area contributed by atoms with Crippen molar-refractivity contribution >= 4 is 17.5 Å². The van der Waals surface area contributed by atoms with Gasteiger partial charge >= 0.3 is 0 Å². The van der Waals surface area contributed by atoms with Crippen molar-refractivity contribution in [2.45, 2.75) is 45.4 Å². The van der Waals surface area contributed by atoms with Gasteiger partial charge in [0.2, 0.25) is 5.91 Å². The van der Waals surface area contributed by atoms with Gasteiger partial charge in [-0.15, -0.1) is 11.6 Å². The van der Waals surface area contributed by atoms with E-state index in [-0.39, 0.29) is 11.3 Å². The van der Waals surface area contributed by atoms with E-state index in [4.69, 9.17) is 16.3 Å². The van der Waals surface area contributed by atoms with Crippen LogP contribution in [0.25, 0.3) is 0 Å². The molecule has 3 nitrogen and oxygen atoms in total. The summed E-state index contributed by atoms with van der Waals surface area (Å²) < 4.78 is 5.33. The van der Waals surface area contributed by atoms with Gasteiger partial charge < -0.3 is 10.1 Å². The summed E-state index contributed by atoms with van der Waals surface area (Å²) >= 11 is 5.56. The zero-order valence-corrected chi connectivity index (χ0v) is 13.2. The minimum absolute atomic E-state index is 0.0642. The number of nitrogens with one attached hydrogen (secondary N) is 1. The van der Waals surface area contributed by atoms with E-state index in [0.29, 0.717) is 31.1 Å². The lowest BCUT2D eigenvalue weighted by atomic mass is 9.44. The molecule has 0 aromatic rings. The van der Waals surface area contributed by atoms with Crippen LogP contribution in [0.1, 0.15) is 45.4 Å². The zero-order chi connectivity index (χ0) is 14.2. The van der Waals surface area contributed by atoms with Crippen molar-refractivity contribution in [1.82, 2.24) is 5.32 Å². The quantitative estimate of drug-likeness (QED) is 0.605. The zero-order valence-electron chi connectivity index (χ0n) is 12.4. The van der Waals surface area contributed by atoms with Crippen LogP contribution in [0, 0.1) is 22.7 Å². The molecule has 1 amide bonds. The van der Waals surface area contributed by atoms with E-state index in [1.54, 1.807) is 0 Å². The number of rotatable bonds is 6. The summed E-state index contributed by atoms with van der Waals surface area (Å²) in [7, 11) is 0. The third-order valence-electron chi connectivity index (χ3n) is 5.59. The molecule has 114 valence electrons. The summed E-state index contributed by atoms with van der Waals surface area (Å²) in [5.41, 5.74) is 0.363. The maximum atomic E-state index is 12.7. The van der Waals surface area contributed by atoms with Gasteiger partial charge in [-0.05, 0) is 55.8 Å². The SMILES string of the molecule is CC12CC3CC(C1)CC(C(=O)NCCOCCCl)(C3)C2. The third-order valence-corrected chi connectivity index (χ3v) is 5.74. The highest BCUT2D eigenvalue weighted by atomic mass is 35.5. The van der Waals surface area contributed by atoms with Crippen molar-refractivity contribution in [3.8, 4) is 0 Å². The van der Waals surface area contributed by atoms with E-state index < -0.39 is 0 Å². The monoisotopic (exact) mass is 299 g/mol. The van der Waals surface area contributed by atoms with Crippen molar-refractivity contribution in [2.24, 2.45) is 22.7 Å². The van der Waals surface area contributed by atoms with Gasteiger partial charge in [-0.25, -0.2) is 0 Å². The van der Waals surface area contributed by atoms with Crippen LogP contribution in [0.5, 0.6) is 0 Å². The molecule has 0 aliphatic heterocycles. The average Bonchev–Trinajstić information content (AvgIpc) is 2.35. The standard InChI is InChI=1S/C16H26ClNO2/c1-15-7-12-6-13(8-15)10-16(9-12,11-15)14(19)18-3-5-20-4-2-17/h12-13H,2-11H2,1H3,(H,18,19). The molecule has 0 aromatic carbocycles. The van der Waals surface area contributed by atoms with Crippen molar-refractivity contribution in [2.75, 3.05) is 25.6 Å². The molecular weight excluding hydrogens is 274 g/mol. The fourth-order valence-corrected chi connectivity index (χ4v) is 5.68. The Morgan fingerprint density at radius 2 is 1.95 bits per heavy atom.